The maximum Gasteiger partial charge on any atom is 0.0619 e. The number of nitrogens with zero attached hydrogens (tertiary/aromatic N) is 2. The van der Waals surface area contributed by atoms with E-state index in [-0.39, 0.29) is 0 Å². The fourth-order valence-corrected chi connectivity index (χ4v) is 8.69. The Bertz CT molecular complexity index is 3230. The molecule has 1 aromatic heterocycles. The molecule has 11 rings (SSSR count). The molecule has 2 heteroatoms. The van der Waals surface area contributed by atoms with Crippen molar-refractivity contribution in [2.45, 2.75) is 0 Å². The Hall–Kier alpha value is -7.16. The number of fused-ring (bicyclic) bond motifs is 9. The van der Waals surface area contributed by atoms with Crippen LogP contribution in [0.2, 0.25) is 0 Å². The summed E-state index contributed by atoms with van der Waals surface area (Å²) in [6, 6.07) is 75.4. The average molecular weight is 687 g/mol. The monoisotopic (exact) mass is 686 g/mol. The van der Waals surface area contributed by atoms with E-state index >= 15 is 0 Å². The SMILES string of the molecule is c1ccc(-n2c3cccc(-c4cccc(N(c5ccc6ccccc6c5)c5cc6ccccc6c6ccccc56)c4)c3c3ccc4ccccc4c32)cc1. The first-order valence-corrected chi connectivity index (χ1v) is 18.6. The number of rotatable bonds is 5. The van der Waals surface area contributed by atoms with Gasteiger partial charge in [0.1, 0.15) is 0 Å². The summed E-state index contributed by atoms with van der Waals surface area (Å²) >= 11 is 0. The Morgan fingerprint density at radius 3 is 1.85 bits per heavy atom. The van der Waals surface area contributed by atoms with Crippen molar-refractivity contribution in [3.63, 3.8) is 0 Å². The molecule has 2 nitrogen and oxygen atoms in total. The minimum atomic E-state index is 1.11. The van der Waals surface area contributed by atoms with Crippen LogP contribution in [0.25, 0.3) is 81.7 Å². The maximum absolute atomic E-state index is 2.45. The van der Waals surface area contributed by atoms with Crippen molar-refractivity contribution in [3.05, 3.63) is 206 Å². The van der Waals surface area contributed by atoms with Gasteiger partial charge in [-0.3, -0.25) is 0 Å². The van der Waals surface area contributed by atoms with E-state index in [0.717, 1.165) is 22.7 Å². The summed E-state index contributed by atoms with van der Waals surface area (Å²) in [5.41, 5.74) is 9.36. The van der Waals surface area contributed by atoms with Gasteiger partial charge in [0, 0.05) is 38.6 Å². The molecule has 0 saturated carbocycles. The standard InChI is InChI=1S/C52H34N2/c1-2-19-40(20-3-1)54-49-27-13-26-44(51(49)48-31-29-36-15-6-9-23-45(36)52(48)54)38-18-12-21-41(33-38)53(42-30-28-35-14-4-5-16-37(35)32-42)50-34-39-17-7-8-22-43(39)46-24-10-11-25-47(46)50/h1-34H. The van der Waals surface area contributed by atoms with E-state index in [1.54, 1.807) is 0 Å². The van der Waals surface area contributed by atoms with E-state index in [0.29, 0.717) is 0 Å². The molecule has 11 aromatic rings. The van der Waals surface area contributed by atoms with Crippen LogP contribution in [-0.2, 0) is 0 Å². The first-order chi connectivity index (χ1) is 26.8. The number of benzene rings is 10. The normalized spacial score (nSPS) is 11.7. The zero-order chi connectivity index (χ0) is 35.6. The molecular weight excluding hydrogens is 653 g/mol. The maximum atomic E-state index is 2.45. The average Bonchev–Trinajstić information content (AvgIpc) is 3.59. The van der Waals surface area contributed by atoms with Gasteiger partial charge in [-0.05, 0) is 92.0 Å². The highest BCUT2D eigenvalue weighted by Crippen LogP contribution is 2.45. The second kappa shape index (κ2) is 12.2. The Labute approximate surface area is 313 Å². The lowest BCUT2D eigenvalue weighted by molar-refractivity contribution is 1.19. The van der Waals surface area contributed by atoms with Gasteiger partial charge in [0.2, 0.25) is 0 Å². The van der Waals surface area contributed by atoms with Gasteiger partial charge in [0.05, 0.1) is 16.7 Å². The minimum Gasteiger partial charge on any atom is -0.310 e. The Morgan fingerprint density at radius 2 is 1.00 bits per heavy atom. The van der Waals surface area contributed by atoms with Crippen LogP contribution >= 0.6 is 0 Å². The molecule has 0 spiro atoms. The molecule has 0 N–H and O–H groups in total. The van der Waals surface area contributed by atoms with E-state index in [1.807, 2.05) is 0 Å². The van der Waals surface area contributed by atoms with Crippen LogP contribution in [0.5, 0.6) is 0 Å². The summed E-state index contributed by atoms with van der Waals surface area (Å²) in [7, 11) is 0. The summed E-state index contributed by atoms with van der Waals surface area (Å²) in [5, 5.41) is 12.4. The third kappa shape index (κ3) is 4.74. The first-order valence-electron chi connectivity index (χ1n) is 18.6. The highest BCUT2D eigenvalue weighted by atomic mass is 15.1. The number of hydrogen-bond acceptors (Lipinski definition) is 1. The summed E-state index contributed by atoms with van der Waals surface area (Å²) in [6.07, 6.45) is 0. The van der Waals surface area contributed by atoms with Crippen molar-refractivity contribution in [2.75, 3.05) is 4.90 Å². The highest BCUT2D eigenvalue weighted by molar-refractivity contribution is 6.22. The molecular formula is C52H34N2. The fraction of sp³-hybridized carbons (Fsp3) is 0. The predicted octanol–water partition coefficient (Wildman–Crippen LogP) is 14.5. The lowest BCUT2D eigenvalue weighted by Crippen LogP contribution is -2.11. The summed E-state index contributed by atoms with van der Waals surface area (Å²) in [5.74, 6) is 0. The molecule has 0 aliphatic heterocycles. The number of anilines is 3. The van der Waals surface area contributed by atoms with E-state index < -0.39 is 0 Å². The van der Waals surface area contributed by atoms with Gasteiger partial charge in [-0.25, -0.2) is 0 Å². The molecule has 0 radical (unpaired) electrons. The molecule has 10 aromatic carbocycles. The third-order valence-corrected chi connectivity index (χ3v) is 11.1. The minimum absolute atomic E-state index is 1.11. The molecule has 0 bridgehead atoms. The Balaban J connectivity index is 1.19. The van der Waals surface area contributed by atoms with Crippen LogP contribution in [0.3, 0.4) is 0 Å². The van der Waals surface area contributed by atoms with Gasteiger partial charge in [0.25, 0.3) is 0 Å². The van der Waals surface area contributed by atoms with Crippen molar-refractivity contribution < 1.29 is 0 Å². The molecule has 0 amide bonds. The molecule has 0 fully saturated rings. The summed E-state index contributed by atoms with van der Waals surface area (Å²) in [4.78, 5) is 2.45. The molecule has 0 saturated heterocycles. The van der Waals surface area contributed by atoms with Gasteiger partial charge < -0.3 is 9.47 Å². The van der Waals surface area contributed by atoms with E-state index in [9.17, 15) is 0 Å². The fourth-order valence-electron chi connectivity index (χ4n) is 8.69. The van der Waals surface area contributed by atoms with Gasteiger partial charge in [-0.1, -0.05) is 158 Å². The second-order valence-corrected chi connectivity index (χ2v) is 14.1. The molecule has 0 aliphatic carbocycles. The Kier molecular flexibility index (Phi) is 6.90. The largest absolute Gasteiger partial charge is 0.310 e. The zero-order valence-electron chi connectivity index (χ0n) is 29.5. The molecule has 252 valence electrons. The predicted molar refractivity (Wildman–Crippen MR) is 231 cm³/mol. The number of hydrogen-bond donors (Lipinski definition) is 0. The van der Waals surface area contributed by atoms with Crippen LogP contribution < -0.4 is 4.90 Å². The van der Waals surface area contributed by atoms with Crippen molar-refractivity contribution in [3.8, 4) is 16.8 Å². The van der Waals surface area contributed by atoms with Crippen LogP contribution in [-0.4, -0.2) is 4.57 Å². The first kappa shape index (κ1) is 30.5. The molecule has 54 heavy (non-hydrogen) atoms. The quantitative estimate of drug-likeness (QED) is 0.164. The van der Waals surface area contributed by atoms with Crippen molar-refractivity contribution in [1.29, 1.82) is 0 Å². The zero-order valence-corrected chi connectivity index (χ0v) is 29.5. The van der Waals surface area contributed by atoms with E-state index in [1.165, 1.54) is 76.0 Å². The van der Waals surface area contributed by atoms with Crippen LogP contribution in [0.1, 0.15) is 0 Å². The van der Waals surface area contributed by atoms with Crippen LogP contribution in [0.15, 0.2) is 206 Å². The summed E-state index contributed by atoms with van der Waals surface area (Å²) < 4.78 is 2.45. The lowest BCUT2D eigenvalue weighted by atomic mass is 9.96. The number of aromatic nitrogens is 1. The van der Waals surface area contributed by atoms with Crippen molar-refractivity contribution in [2.24, 2.45) is 0 Å². The van der Waals surface area contributed by atoms with E-state index in [2.05, 4.69) is 216 Å². The highest BCUT2D eigenvalue weighted by Gasteiger charge is 2.21. The van der Waals surface area contributed by atoms with Crippen molar-refractivity contribution in [1.82, 2.24) is 4.57 Å². The van der Waals surface area contributed by atoms with Crippen molar-refractivity contribution >= 4 is 82.0 Å². The molecule has 1 heterocycles. The van der Waals surface area contributed by atoms with Crippen LogP contribution in [0.4, 0.5) is 17.1 Å². The van der Waals surface area contributed by atoms with Gasteiger partial charge in [-0.15, -0.1) is 0 Å². The lowest BCUT2D eigenvalue weighted by Gasteiger charge is -2.28. The van der Waals surface area contributed by atoms with Crippen LogP contribution in [0, 0.1) is 0 Å². The summed E-state index contributed by atoms with van der Waals surface area (Å²) in [6.45, 7) is 0. The second-order valence-electron chi connectivity index (χ2n) is 14.1. The molecule has 0 atom stereocenters. The van der Waals surface area contributed by atoms with Gasteiger partial charge >= 0.3 is 0 Å². The smallest absolute Gasteiger partial charge is 0.0619 e. The van der Waals surface area contributed by atoms with Gasteiger partial charge in [0.15, 0.2) is 0 Å². The third-order valence-electron chi connectivity index (χ3n) is 11.1. The topological polar surface area (TPSA) is 8.17 Å². The molecule has 0 aliphatic rings. The number of para-hydroxylation sites is 1. The van der Waals surface area contributed by atoms with Gasteiger partial charge in [-0.2, -0.15) is 0 Å². The molecule has 0 unspecified atom stereocenters. The Morgan fingerprint density at radius 1 is 0.352 bits per heavy atom. The van der Waals surface area contributed by atoms with E-state index in [4.69, 9.17) is 0 Å².